The number of ether oxygens (including phenoxy) is 1. The van der Waals surface area contributed by atoms with Crippen molar-refractivity contribution in [3.63, 3.8) is 0 Å². The number of carbonyl (C=O) groups excluding carboxylic acids is 1. The van der Waals surface area contributed by atoms with Crippen LogP contribution in [0.3, 0.4) is 0 Å². The van der Waals surface area contributed by atoms with Gasteiger partial charge in [-0.1, -0.05) is 56.7 Å². The average Bonchev–Trinajstić information content (AvgIpc) is 2.69. The highest BCUT2D eigenvalue weighted by molar-refractivity contribution is 5.93. The third-order valence-electron chi connectivity index (χ3n) is 5.03. The zero-order valence-electron chi connectivity index (χ0n) is 17.3. The Kier molecular flexibility index (Phi) is 8.37. The van der Waals surface area contributed by atoms with E-state index in [9.17, 15) is 19.1 Å². The lowest BCUT2D eigenvalue weighted by Gasteiger charge is -2.16. The number of hydrogen-bond acceptors (Lipinski definition) is 3. The van der Waals surface area contributed by atoms with Crippen LogP contribution in [0.25, 0.3) is 11.1 Å². The molecule has 29 heavy (non-hydrogen) atoms. The summed E-state index contributed by atoms with van der Waals surface area (Å²) in [6.45, 7) is 5.69. The number of carbonyl (C=O) groups is 2. The van der Waals surface area contributed by atoms with E-state index in [2.05, 4.69) is 6.92 Å². The van der Waals surface area contributed by atoms with E-state index in [4.69, 9.17) is 4.74 Å². The summed E-state index contributed by atoms with van der Waals surface area (Å²) >= 11 is 0. The van der Waals surface area contributed by atoms with Crippen molar-refractivity contribution >= 4 is 11.9 Å². The third kappa shape index (κ3) is 6.41. The fourth-order valence-corrected chi connectivity index (χ4v) is 3.10. The lowest BCUT2D eigenvalue weighted by molar-refractivity contribution is -0.162. The Morgan fingerprint density at radius 2 is 1.69 bits per heavy atom. The van der Waals surface area contributed by atoms with Gasteiger partial charge in [0.2, 0.25) is 0 Å². The van der Waals surface area contributed by atoms with Crippen LogP contribution in [0.5, 0.6) is 0 Å². The molecule has 2 rings (SSSR count). The van der Waals surface area contributed by atoms with E-state index >= 15 is 0 Å². The molecular weight excluding hydrogens is 371 g/mol. The summed E-state index contributed by atoms with van der Waals surface area (Å²) in [6, 6.07) is 12.7. The van der Waals surface area contributed by atoms with Gasteiger partial charge in [-0.15, -0.1) is 0 Å². The Balaban J connectivity index is 2.07. The van der Waals surface area contributed by atoms with Crippen molar-refractivity contribution in [3.05, 3.63) is 59.4 Å². The Hall–Kier alpha value is -2.69. The normalized spacial score (nSPS) is 13.0. The second-order valence-electron chi connectivity index (χ2n) is 7.35. The van der Waals surface area contributed by atoms with E-state index in [0.29, 0.717) is 17.5 Å². The molecule has 0 aliphatic heterocycles. The number of aliphatic carboxylic acids is 1. The Bertz CT molecular complexity index is 829. The van der Waals surface area contributed by atoms with Gasteiger partial charge in [-0.3, -0.25) is 9.59 Å². The van der Waals surface area contributed by atoms with Crippen LogP contribution in [0.15, 0.2) is 42.5 Å². The Morgan fingerprint density at radius 3 is 2.24 bits per heavy atom. The molecule has 0 fully saturated rings. The molecule has 5 heteroatoms. The largest absolute Gasteiger partial charge is 0.481 e. The smallest absolute Gasteiger partial charge is 0.320 e. The van der Waals surface area contributed by atoms with Gasteiger partial charge in [-0.25, -0.2) is 4.39 Å². The number of esters is 1. The number of carboxylic acid groups (broad SMARTS) is 1. The van der Waals surface area contributed by atoms with Crippen molar-refractivity contribution < 1.29 is 23.8 Å². The molecule has 0 aliphatic rings. The summed E-state index contributed by atoms with van der Waals surface area (Å²) in [7, 11) is 0. The van der Waals surface area contributed by atoms with Crippen LogP contribution in [0.4, 0.5) is 4.39 Å². The highest BCUT2D eigenvalue weighted by Gasteiger charge is 2.28. The summed E-state index contributed by atoms with van der Waals surface area (Å²) in [5.41, 5.74) is 3.17. The maximum absolute atomic E-state index is 14.6. The molecule has 1 N–H and O–H groups in total. The first-order chi connectivity index (χ1) is 13.8. The van der Waals surface area contributed by atoms with Crippen molar-refractivity contribution in [1.82, 2.24) is 0 Å². The van der Waals surface area contributed by atoms with Crippen molar-refractivity contribution in [2.45, 2.75) is 59.0 Å². The lowest BCUT2D eigenvalue weighted by atomic mass is 9.96. The van der Waals surface area contributed by atoms with Crippen LogP contribution in [-0.2, 0) is 27.2 Å². The molecule has 2 atom stereocenters. The second-order valence-corrected chi connectivity index (χ2v) is 7.35. The maximum atomic E-state index is 14.6. The van der Waals surface area contributed by atoms with E-state index in [1.54, 1.807) is 19.1 Å². The average molecular weight is 400 g/mol. The van der Waals surface area contributed by atoms with Gasteiger partial charge >= 0.3 is 11.9 Å². The highest BCUT2D eigenvalue weighted by atomic mass is 19.1. The Labute approximate surface area is 171 Å². The van der Waals surface area contributed by atoms with Gasteiger partial charge in [0.1, 0.15) is 5.82 Å². The fraction of sp³-hybridized carbons (Fsp3) is 0.417. The molecule has 2 aromatic rings. The van der Waals surface area contributed by atoms with E-state index in [-0.39, 0.29) is 24.8 Å². The molecule has 0 aromatic heterocycles. The summed E-state index contributed by atoms with van der Waals surface area (Å²) in [5.74, 6) is -3.57. The fourth-order valence-electron chi connectivity index (χ4n) is 3.10. The third-order valence-corrected chi connectivity index (χ3v) is 5.03. The van der Waals surface area contributed by atoms with Gasteiger partial charge in [-0.2, -0.15) is 0 Å². The molecule has 4 nitrogen and oxygen atoms in total. The maximum Gasteiger partial charge on any atom is 0.320 e. The standard InChI is InChI=1S/C24H29FO4/c1-4-6-17-7-11-19(12-8-17)20-13-9-18(15-22(20)25)10-14-21(23(26)27)24(28)29-16(3)5-2/h7-9,11-13,15-16,21H,4-6,10,14H2,1-3H3,(H,26,27). The van der Waals surface area contributed by atoms with E-state index < -0.39 is 17.9 Å². The van der Waals surface area contributed by atoms with Crippen LogP contribution in [-0.4, -0.2) is 23.1 Å². The molecule has 0 heterocycles. The number of carboxylic acids is 1. The van der Waals surface area contributed by atoms with Crippen molar-refractivity contribution in [1.29, 1.82) is 0 Å². The van der Waals surface area contributed by atoms with Gasteiger partial charge in [0, 0.05) is 5.56 Å². The molecule has 156 valence electrons. The molecule has 0 saturated carbocycles. The van der Waals surface area contributed by atoms with Gasteiger partial charge in [0.05, 0.1) is 6.10 Å². The van der Waals surface area contributed by atoms with Gasteiger partial charge < -0.3 is 9.84 Å². The molecular formula is C24H29FO4. The SMILES string of the molecule is CCCc1ccc(-c2ccc(CCC(C(=O)O)C(=O)OC(C)CC)cc2F)cc1. The zero-order valence-corrected chi connectivity index (χ0v) is 17.3. The second kappa shape index (κ2) is 10.7. The summed E-state index contributed by atoms with van der Waals surface area (Å²) in [6.07, 6.45) is 2.68. The topological polar surface area (TPSA) is 63.6 Å². The first-order valence-corrected chi connectivity index (χ1v) is 10.2. The summed E-state index contributed by atoms with van der Waals surface area (Å²) in [4.78, 5) is 23.5. The number of aryl methyl sites for hydroxylation is 2. The van der Waals surface area contributed by atoms with Crippen molar-refractivity contribution in [2.75, 3.05) is 0 Å². The number of hydrogen-bond donors (Lipinski definition) is 1. The number of halogens is 1. The van der Waals surface area contributed by atoms with Crippen LogP contribution >= 0.6 is 0 Å². The van der Waals surface area contributed by atoms with Gasteiger partial charge in [0.15, 0.2) is 5.92 Å². The van der Waals surface area contributed by atoms with Crippen LogP contribution in [0.2, 0.25) is 0 Å². The van der Waals surface area contributed by atoms with E-state index in [1.165, 1.54) is 11.6 Å². The number of benzene rings is 2. The van der Waals surface area contributed by atoms with Gasteiger partial charge in [0.25, 0.3) is 0 Å². The lowest BCUT2D eigenvalue weighted by Crippen LogP contribution is -2.29. The van der Waals surface area contributed by atoms with Crippen LogP contribution < -0.4 is 0 Å². The molecule has 2 unspecified atom stereocenters. The summed E-state index contributed by atoms with van der Waals surface area (Å²) in [5, 5.41) is 9.34. The minimum atomic E-state index is -1.25. The molecule has 0 aliphatic carbocycles. The number of rotatable bonds is 10. The molecule has 0 saturated heterocycles. The van der Waals surface area contributed by atoms with Crippen LogP contribution in [0, 0.1) is 11.7 Å². The van der Waals surface area contributed by atoms with Crippen molar-refractivity contribution in [2.24, 2.45) is 5.92 Å². The first-order valence-electron chi connectivity index (χ1n) is 10.2. The molecule has 0 radical (unpaired) electrons. The molecule has 0 bridgehead atoms. The summed E-state index contributed by atoms with van der Waals surface area (Å²) < 4.78 is 19.8. The van der Waals surface area contributed by atoms with Crippen molar-refractivity contribution in [3.8, 4) is 11.1 Å². The monoisotopic (exact) mass is 400 g/mol. The quantitative estimate of drug-likeness (QED) is 0.427. The van der Waals surface area contributed by atoms with E-state index in [1.807, 2.05) is 31.2 Å². The Morgan fingerprint density at radius 1 is 1.03 bits per heavy atom. The minimum absolute atomic E-state index is 0.0646. The van der Waals surface area contributed by atoms with Gasteiger partial charge in [-0.05, 0) is 55.4 Å². The molecule has 0 spiro atoms. The van der Waals surface area contributed by atoms with E-state index in [0.717, 1.165) is 18.4 Å². The molecule has 2 aromatic carbocycles. The van der Waals surface area contributed by atoms with Crippen LogP contribution in [0.1, 0.15) is 51.2 Å². The molecule has 0 amide bonds. The predicted molar refractivity (Wildman–Crippen MR) is 111 cm³/mol. The highest BCUT2D eigenvalue weighted by Crippen LogP contribution is 2.25. The predicted octanol–water partition coefficient (Wildman–Crippen LogP) is 5.42. The minimum Gasteiger partial charge on any atom is -0.481 e. The zero-order chi connectivity index (χ0) is 21.4. The first kappa shape index (κ1) is 22.6.